The highest BCUT2D eigenvalue weighted by atomic mass is 16.6. The van der Waals surface area contributed by atoms with Gasteiger partial charge in [0.2, 0.25) is 5.91 Å². The molecule has 1 aliphatic heterocycles. The van der Waals surface area contributed by atoms with Gasteiger partial charge in [0.1, 0.15) is 5.82 Å². The van der Waals surface area contributed by atoms with Crippen molar-refractivity contribution in [3.8, 4) is 11.4 Å². The van der Waals surface area contributed by atoms with Crippen molar-refractivity contribution in [2.45, 2.75) is 33.1 Å². The van der Waals surface area contributed by atoms with Crippen LogP contribution in [0.15, 0.2) is 30.3 Å². The van der Waals surface area contributed by atoms with Crippen molar-refractivity contribution in [1.82, 2.24) is 15.3 Å². The fourth-order valence-electron chi connectivity index (χ4n) is 3.42. The lowest BCUT2D eigenvalue weighted by Gasteiger charge is -2.34. The Kier molecular flexibility index (Phi) is 6.18. The number of hydrogen-bond donors (Lipinski definition) is 1. The first-order valence-electron chi connectivity index (χ1n) is 9.58. The summed E-state index contributed by atoms with van der Waals surface area (Å²) in [7, 11) is 0. The number of aryl methyl sites for hydroxylation is 1. The van der Waals surface area contributed by atoms with Crippen LogP contribution in [-0.2, 0) is 11.2 Å². The molecule has 1 unspecified atom stereocenters. The van der Waals surface area contributed by atoms with Gasteiger partial charge in [-0.25, -0.2) is 9.97 Å². The Morgan fingerprint density at radius 2 is 2.07 bits per heavy atom. The number of piperidine rings is 1. The number of nitrogens with one attached hydrogen (secondary N) is 1. The molecule has 1 fully saturated rings. The summed E-state index contributed by atoms with van der Waals surface area (Å²) >= 11 is 0. The Bertz CT molecular complexity index is 853. The quantitative estimate of drug-likeness (QED) is 0.608. The number of nitro benzene ring substituents is 1. The van der Waals surface area contributed by atoms with Crippen LogP contribution in [0.2, 0.25) is 0 Å². The predicted molar refractivity (Wildman–Crippen MR) is 107 cm³/mol. The molecule has 2 aromatic rings. The summed E-state index contributed by atoms with van der Waals surface area (Å²) in [6, 6.07) is 8.33. The lowest BCUT2D eigenvalue weighted by Crippen LogP contribution is -2.41. The summed E-state index contributed by atoms with van der Waals surface area (Å²) in [5.74, 6) is 1.83. The number of carbonyl (C=O) groups excluding carboxylic acids is 1. The molecule has 0 spiro atoms. The Morgan fingerprint density at radius 3 is 2.71 bits per heavy atom. The Labute approximate surface area is 164 Å². The fraction of sp³-hybridized carbons (Fsp3) is 0.450. The van der Waals surface area contributed by atoms with Crippen LogP contribution < -0.4 is 10.2 Å². The Morgan fingerprint density at radius 1 is 1.32 bits per heavy atom. The van der Waals surface area contributed by atoms with Crippen LogP contribution in [-0.4, -0.2) is 40.4 Å². The van der Waals surface area contributed by atoms with Gasteiger partial charge in [-0.3, -0.25) is 14.9 Å². The molecule has 1 aliphatic rings. The minimum absolute atomic E-state index is 0.00659. The molecule has 3 rings (SSSR count). The minimum Gasteiger partial charge on any atom is -0.356 e. The Balaban J connectivity index is 1.84. The molecule has 8 heteroatoms. The lowest BCUT2D eigenvalue weighted by molar-refractivity contribution is -0.384. The van der Waals surface area contributed by atoms with Crippen LogP contribution in [0, 0.1) is 16.0 Å². The lowest BCUT2D eigenvalue weighted by atomic mass is 9.98. The zero-order chi connectivity index (χ0) is 20.1. The van der Waals surface area contributed by atoms with E-state index in [1.54, 1.807) is 12.1 Å². The highest BCUT2D eigenvalue weighted by molar-refractivity contribution is 5.72. The van der Waals surface area contributed by atoms with E-state index in [1.807, 2.05) is 13.0 Å². The molecule has 1 aromatic carbocycles. The second-order valence-electron chi connectivity index (χ2n) is 7.09. The van der Waals surface area contributed by atoms with Gasteiger partial charge >= 0.3 is 0 Å². The van der Waals surface area contributed by atoms with Crippen LogP contribution in [0.4, 0.5) is 11.5 Å². The SMILES string of the molecule is CCc1cc(N2CCCC(CNC(C)=O)C2)nc(-c2ccc([N+](=O)[O-])cc2)n1. The normalized spacial score (nSPS) is 16.6. The van der Waals surface area contributed by atoms with Crippen molar-refractivity contribution < 1.29 is 9.72 Å². The molecule has 1 atom stereocenters. The van der Waals surface area contributed by atoms with Crippen molar-refractivity contribution in [3.05, 3.63) is 46.1 Å². The van der Waals surface area contributed by atoms with Gasteiger partial charge in [0.05, 0.1) is 4.92 Å². The molecule has 2 heterocycles. The summed E-state index contributed by atoms with van der Waals surface area (Å²) in [5.41, 5.74) is 1.74. The van der Waals surface area contributed by atoms with Gasteiger partial charge in [-0.2, -0.15) is 0 Å². The molecule has 0 aliphatic carbocycles. The molecule has 0 saturated carbocycles. The molecule has 1 aromatic heterocycles. The van der Waals surface area contributed by atoms with Gasteiger partial charge in [-0.1, -0.05) is 6.92 Å². The molecule has 148 valence electrons. The van der Waals surface area contributed by atoms with E-state index in [0.29, 0.717) is 18.3 Å². The van der Waals surface area contributed by atoms with E-state index in [4.69, 9.17) is 4.98 Å². The Hall–Kier alpha value is -3.03. The summed E-state index contributed by atoms with van der Waals surface area (Å²) in [4.78, 5) is 33.2. The maximum atomic E-state index is 11.2. The van der Waals surface area contributed by atoms with Gasteiger partial charge in [0.25, 0.3) is 5.69 Å². The van der Waals surface area contributed by atoms with Gasteiger partial charge in [0.15, 0.2) is 5.82 Å². The molecule has 0 radical (unpaired) electrons. The monoisotopic (exact) mass is 383 g/mol. The van der Waals surface area contributed by atoms with Crippen molar-refractivity contribution in [1.29, 1.82) is 0 Å². The van der Waals surface area contributed by atoms with E-state index < -0.39 is 4.92 Å². The molecule has 1 N–H and O–H groups in total. The number of aromatic nitrogens is 2. The van der Waals surface area contributed by atoms with Crippen molar-refractivity contribution in [2.75, 3.05) is 24.5 Å². The fourth-order valence-corrected chi connectivity index (χ4v) is 3.42. The van der Waals surface area contributed by atoms with Crippen molar-refractivity contribution in [3.63, 3.8) is 0 Å². The van der Waals surface area contributed by atoms with Gasteiger partial charge in [0, 0.05) is 56.0 Å². The average molecular weight is 383 g/mol. The molecule has 1 saturated heterocycles. The molecular weight excluding hydrogens is 358 g/mol. The van der Waals surface area contributed by atoms with Crippen LogP contribution in [0.5, 0.6) is 0 Å². The van der Waals surface area contributed by atoms with E-state index in [-0.39, 0.29) is 11.6 Å². The maximum absolute atomic E-state index is 11.2. The van der Waals surface area contributed by atoms with Crippen molar-refractivity contribution >= 4 is 17.4 Å². The van der Waals surface area contributed by atoms with Crippen molar-refractivity contribution in [2.24, 2.45) is 5.92 Å². The second-order valence-corrected chi connectivity index (χ2v) is 7.09. The smallest absolute Gasteiger partial charge is 0.269 e. The van der Waals surface area contributed by atoms with Gasteiger partial charge in [-0.15, -0.1) is 0 Å². The number of rotatable bonds is 6. The highest BCUT2D eigenvalue weighted by Crippen LogP contribution is 2.26. The molecular formula is C20H25N5O3. The van der Waals surface area contributed by atoms with E-state index in [1.165, 1.54) is 19.1 Å². The number of hydrogen-bond acceptors (Lipinski definition) is 6. The van der Waals surface area contributed by atoms with Crippen LogP contribution in [0.3, 0.4) is 0 Å². The van der Waals surface area contributed by atoms with E-state index in [2.05, 4.69) is 15.2 Å². The van der Waals surface area contributed by atoms with Crippen LogP contribution in [0.1, 0.15) is 32.4 Å². The highest BCUT2D eigenvalue weighted by Gasteiger charge is 2.22. The number of benzene rings is 1. The summed E-state index contributed by atoms with van der Waals surface area (Å²) < 4.78 is 0. The van der Waals surface area contributed by atoms with Gasteiger partial charge in [-0.05, 0) is 37.3 Å². The van der Waals surface area contributed by atoms with Crippen LogP contribution in [0.25, 0.3) is 11.4 Å². The third kappa shape index (κ3) is 4.82. The zero-order valence-electron chi connectivity index (χ0n) is 16.2. The van der Waals surface area contributed by atoms with E-state index in [0.717, 1.165) is 49.4 Å². The second kappa shape index (κ2) is 8.77. The van der Waals surface area contributed by atoms with E-state index in [9.17, 15) is 14.9 Å². The number of amides is 1. The first-order valence-corrected chi connectivity index (χ1v) is 9.58. The first-order chi connectivity index (χ1) is 13.5. The standard InChI is InChI=1S/C20H25N5O3/c1-3-17-11-19(24-10-4-5-15(13-24)12-21-14(2)26)23-20(22-17)16-6-8-18(9-7-16)25(27)28/h6-9,11,15H,3-5,10,12-13H2,1-2H3,(H,21,26). The molecule has 28 heavy (non-hydrogen) atoms. The summed E-state index contributed by atoms with van der Waals surface area (Å²) in [6.45, 7) is 6.00. The molecule has 8 nitrogen and oxygen atoms in total. The number of anilines is 1. The molecule has 0 bridgehead atoms. The minimum atomic E-state index is -0.415. The summed E-state index contributed by atoms with van der Waals surface area (Å²) in [6.07, 6.45) is 2.90. The third-order valence-electron chi connectivity index (χ3n) is 4.95. The van der Waals surface area contributed by atoms with E-state index >= 15 is 0 Å². The summed E-state index contributed by atoms with van der Waals surface area (Å²) in [5, 5.41) is 13.8. The third-order valence-corrected chi connectivity index (χ3v) is 4.95. The zero-order valence-corrected chi connectivity index (χ0v) is 16.2. The number of non-ortho nitro benzene ring substituents is 1. The first kappa shape index (κ1) is 19.7. The topological polar surface area (TPSA) is 101 Å². The number of nitrogens with zero attached hydrogens (tertiary/aromatic N) is 4. The van der Waals surface area contributed by atoms with Crippen LogP contribution >= 0.6 is 0 Å². The van der Waals surface area contributed by atoms with Gasteiger partial charge < -0.3 is 10.2 Å². The number of nitro groups is 1. The predicted octanol–water partition coefficient (Wildman–Crippen LogP) is 2.97. The number of carbonyl (C=O) groups is 1. The average Bonchev–Trinajstić information content (AvgIpc) is 2.72. The largest absolute Gasteiger partial charge is 0.356 e. The maximum Gasteiger partial charge on any atom is 0.269 e. The molecule has 1 amide bonds.